The molecule has 1 aromatic rings. The molecule has 0 spiro atoms. The Labute approximate surface area is 86.2 Å². The molecular weight excluding hydrogens is 170 g/mol. The van der Waals surface area contributed by atoms with Crippen LogP contribution in [-0.4, -0.2) is 6.54 Å². The lowest BCUT2D eigenvalue weighted by Gasteiger charge is -2.09. The molecule has 0 radical (unpaired) electrons. The number of nitrogens with one attached hydrogen (secondary N) is 1. The summed E-state index contributed by atoms with van der Waals surface area (Å²) in [4.78, 5) is 0. The van der Waals surface area contributed by atoms with Gasteiger partial charge >= 0.3 is 0 Å². The summed E-state index contributed by atoms with van der Waals surface area (Å²) in [6.07, 6.45) is 3.76. The second kappa shape index (κ2) is 5.40. The number of benzene rings is 1. The Morgan fingerprint density at radius 1 is 1.29 bits per heavy atom. The van der Waals surface area contributed by atoms with Crippen LogP contribution in [0.2, 0.25) is 0 Å². The predicted molar refractivity (Wildman–Crippen MR) is 64.0 cm³/mol. The molecule has 1 aromatic carbocycles. The van der Waals surface area contributed by atoms with E-state index in [0.717, 1.165) is 18.7 Å². The van der Waals surface area contributed by atoms with E-state index in [1.54, 1.807) is 0 Å². The van der Waals surface area contributed by atoms with Crippen molar-refractivity contribution in [2.75, 3.05) is 6.54 Å². The van der Waals surface area contributed by atoms with Crippen molar-refractivity contribution in [3.8, 4) is 0 Å². The second-order valence-electron chi connectivity index (χ2n) is 3.11. The molecule has 1 N–H and O–H groups in total. The van der Waals surface area contributed by atoms with Gasteiger partial charge in [-0.2, -0.15) is 0 Å². The van der Waals surface area contributed by atoms with Crippen LogP contribution in [0.5, 0.6) is 0 Å². The van der Waals surface area contributed by atoms with Crippen LogP contribution in [-0.2, 0) is 6.54 Å². The quantitative estimate of drug-likeness (QED) is 0.747. The third-order valence-electron chi connectivity index (χ3n) is 2.22. The molecule has 74 valence electrons. The normalized spacial score (nSPS) is 9.79. The van der Waals surface area contributed by atoms with Crippen molar-refractivity contribution in [2.24, 2.45) is 0 Å². The Kier molecular flexibility index (Phi) is 4.14. The van der Waals surface area contributed by atoms with E-state index in [-0.39, 0.29) is 0 Å². The fourth-order valence-corrected chi connectivity index (χ4v) is 1.47. The van der Waals surface area contributed by atoms with E-state index < -0.39 is 0 Å². The molecule has 0 unspecified atom stereocenters. The summed E-state index contributed by atoms with van der Waals surface area (Å²) in [6.45, 7) is 11.6. The first kappa shape index (κ1) is 10.7. The smallest absolute Gasteiger partial charge is 0.0211 e. The molecule has 0 aromatic heterocycles. The summed E-state index contributed by atoms with van der Waals surface area (Å²) in [5, 5.41) is 3.31. The third kappa shape index (κ3) is 2.33. The maximum Gasteiger partial charge on any atom is 0.0211 e. The fourth-order valence-electron chi connectivity index (χ4n) is 1.47. The molecule has 0 heterocycles. The molecule has 0 aliphatic carbocycles. The van der Waals surface area contributed by atoms with Gasteiger partial charge in [-0.3, -0.25) is 0 Å². The van der Waals surface area contributed by atoms with Gasteiger partial charge in [0.2, 0.25) is 0 Å². The van der Waals surface area contributed by atoms with E-state index in [0.29, 0.717) is 0 Å². The Morgan fingerprint density at radius 3 is 2.64 bits per heavy atom. The molecule has 14 heavy (non-hydrogen) atoms. The minimum absolute atomic E-state index is 0.888. The van der Waals surface area contributed by atoms with Gasteiger partial charge in [0.25, 0.3) is 0 Å². The Morgan fingerprint density at radius 2 is 2.07 bits per heavy atom. The minimum Gasteiger partial charge on any atom is -0.313 e. The molecule has 1 nitrogen and oxygen atoms in total. The molecular formula is C13H17N. The van der Waals surface area contributed by atoms with Gasteiger partial charge < -0.3 is 5.32 Å². The largest absolute Gasteiger partial charge is 0.313 e. The average molecular weight is 187 g/mol. The maximum atomic E-state index is 3.83. The van der Waals surface area contributed by atoms with E-state index in [4.69, 9.17) is 0 Å². The zero-order valence-electron chi connectivity index (χ0n) is 8.72. The zero-order chi connectivity index (χ0) is 10.4. The lowest BCUT2D eigenvalue weighted by Crippen LogP contribution is -2.12. The van der Waals surface area contributed by atoms with Gasteiger partial charge in [-0.1, -0.05) is 50.4 Å². The molecule has 0 saturated heterocycles. The summed E-state index contributed by atoms with van der Waals surface area (Å²) in [5.74, 6) is 0. The van der Waals surface area contributed by atoms with E-state index in [1.807, 2.05) is 12.2 Å². The topological polar surface area (TPSA) is 12.0 Å². The number of hydrogen-bond acceptors (Lipinski definition) is 1. The first-order valence-corrected chi connectivity index (χ1v) is 4.91. The number of rotatable bonds is 5. The van der Waals surface area contributed by atoms with Gasteiger partial charge in [0, 0.05) is 6.54 Å². The van der Waals surface area contributed by atoms with Crippen LogP contribution in [0.25, 0.3) is 12.2 Å². The lowest BCUT2D eigenvalue weighted by molar-refractivity contribution is 0.726. The van der Waals surface area contributed by atoms with Gasteiger partial charge in [-0.25, -0.2) is 0 Å². The molecule has 0 amide bonds. The maximum absolute atomic E-state index is 3.83. The highest BCUT2D eigenvalue weighted by Gasteiger charge is 2.01. The second-order valence-corrected chi connectivity index (χ2v) is 3.11. The molecule has 0 aliphatic heterocycles. The van der Waals surface area contributed by atoms with Crippen LogP contribution in [0.15, 0.2) is 31.4 Å². The Balaban J connectivity index is 3.02. The monoisotopic (exact) mass is 187 g/mol. The fraction of sp³-hybridized carbons (Fsp3) is 0.231. The standard InChI is InChI=1S/C13H17N/c1-4-11-8-7-9-12(10-14-6-3)13(11)5-2/h4-5,7-9,14H,1-2,6,10H2,3H3. The van der Waals surface area contributed by atoms with E-state index >= 15 is 0 Å². The van der Waals surface area contributed by atoms with E-state index in [1.165, 1.54) is 11.1 Å². The van der Waals surface area contributed by atoms with Crippen molar-refractivity contribution in [3.63, 3.8) is 0 Å². The molecule has 1 heteroatoms. The highest BCUT2D eigenvalue weighted by Crippen LogP contribution is 2.17. The van der Waals surface area contributed by atoms with Gasteiger partial charge in [0.1, 0.15) is 0 Å². The highest BCUT2D eigenvalue weighted by atomic mass is 14.8. The Bertz CT molecular complexity index is 326. The summed E-state index contributed by atoms with van der Waals surface area (Å²) in [5.41, 5.74) is 3.61. The summed E-state index contributed by atoms with van der Waals surface area (Å²) < 4.78 is 0. The van der Waals surface area contributed by atoms with Crippen molar-refractivity contribution in [2.45, 2.75) is 13.5 Å². The number of hydrogen-bond donors (Lipinski definition) is 1. The van der Waals surface area contributed by atoms with Crippen LogP contribution in [0, 0.1) is 0 Å². The van der Waals surface area contributed by atoms with Crippen molar-refractivity contribution in [3.05, 3.63) is 48.0 Å². The Hall–Kier alpha value is -1.34. The van der Waals surface area contributed by atoms with Crippen LogP contribution >= 0.6 is 0 Å². The summed E-state index contributed by atoms with van der Waals surface area (Å²) in [6, 6.07) is 6.23. The molecule has 0 saturated carbocycles. The van der Waals surface area contributed by atoms with Gasteiger partial charge in [0.15, 0.2) is 0 Å². The third-order valence-corrected chi connectivity index (χ3v) is 2.22. The predicted octanol–water partition coefficient (Wildman–Crippen LogP) is 3.08. The highest BCUT2D eigenvalue weighted by molar-refractivity contribution is 5.66. The molecule has 0 fully saturated rings. The van der Waals surface area contributed by atoms with Crippen LogP contribution in [0.4, 0.5) is 0 Å². The van der Waals surface area contributed by atoms with Gasteiger partial charge in [0.05, 0.1) is 0 Å². The molecule has 0 atom stereocenters. The molecule has 1 rings (SSSR count). The summed E-state index contributed by atoms with van der Waals surface area (Å²) in [7, 11) is 0. The van der Waals surface area contributed by atoms with Gasteiger partial charge in [-0.05, 0) is 23.2 Å². The first-order valence-electron chi connectivity index (χ1n) is 4.91. The zero-order valence-corrected chi connectivity index (χ0v) is 8.72. The van der Waals surface area contributed by atoms with Crippen molar-refractivity contribution >= 4 is 12.2 Å². The first-order chi connectivity index (χ1) is 6.83. The van der Waals surface area contributed by atoms with Gasteiger partial charge in [-0.15, -0.1) is 0 Å². The van der Waals surface area contributed by atoms with E-state index in [2.05, 4.69) is 43.6 Å². The summed E-state index contributed by atoms with van der Waals surface area (Å²) >= 11 is 0. The van der Waals surface area contributed by atoms with E-state index in [9.17, 15) is 0 Å². The lowest BCUT2D eigenvalue weighted by atomic mass is 10.0. The van der Waals surface area contributed by atoms with Crippen LogP contribution < -0.4 is 5.32 Å². The van der Waals surface area contributed by atoms with Crippen molar-refractivity contribution in [1.82, 2.24) is 5.32 Å². The van der Waals surface area contributed by atoms with Crippen LogP contribution in [0.1, 0.15) is 23.6 Å². The van der Waals surface area contributed by atoms with Crippen molar-refractivity contribution in [1.29, 1.82) is 0 Å². The average Bonchev–Trinajstić information content (AvgIpc) is 2.25. The van der Waals surface area contributed by atoms with Crippen LogP contribution in [0.3, 0.4) is 0 Å². The molecule has 0 aliphatic rings. The SMILES string of the molecule is C=Cc1cccc(CNCC)c1C=C. The minimum atomic E-state index is 0.888. The van der Waals surface area contributed by atoms with Crippen molar-refractivity contribution < 1.29 is 0 Å². The molecule has 0 bridgehead atoms.